The number of ether oxygens (including phenoxy) is 1. The molecule has 336 valence electrons. The van der Waals surface area contributed by atoms with Gasteiger partial charge in [0.2, 0.25) is 0 Å². The minimum Gasteiger partial charge on any atom is -0.481 e. The predicted molar refractivity (Wildman–Crippen MR) is 232 cm³/mol. The number of esters is 1. The molecule has 59 heavy (non-hydrogen) atoms. The van der Waals surface area contributed by atoms with Gasteiger partial charge in [0.25, 0.3) is 0 Å². The molecule has 7 heteroatoms. The Bertz CT molecular complexity index is 1530. The van der Waals surface area contributed by atoms with Crippen LogP contribution in [0.5, 0.6) is 0 Å². The molecule has 0 heterocycles. The van der Waals surface area contributed by atoms with E-state index in [-0.39, 0.29) is 70.3 Å². The van der Waals surface area contributed by atoms with Gasteiger partial charge < -0.3 is 25.2 Å². The molecule has 0 bridgehead atoms. The molecule has 2 unspecified atom stereocenters. The zero-order chi connectivity index (χ0) is 42.4. The van der Waals surface area contributed by atoms with Gasteiger partial charge in [-0.3, -0.25) is 9.59 Å². The largest absolute Gasteiger partial charge is 0.481 e. The molecule has 8 fully saturated rings. The van der Waals surface area contributed by atoms with Crippen molar-refractivity contribution in [1.29, 1.82) is 0 Å². The van der Waals surface area contributed by atoms with E-state index in [0.717, 1.165) is 83.5 Å². The van der Waals surface area contributed by atoms with Gasteiger partial charge in [0.05, 0.1) is 18.3 Å². The Morgan fingerprint density at radius 1 is 0.576 bits per heavy atom. The van der Waals surface area contributed by atoms with Crippen molar-refractivity contribution in [2.75, 3.05) is 0 Å². The Kier molecular flexibility index (Phi) is 12.4. The fourth-order valence-electron chi connectivity index (χ4n) is 19.3. The SMILES string of the molecule is CC[C@@H]1C2C[C@H](O)CC[C@]2(C)[C@H]2CC[C@]3(C)[C@@H]([C@H](C)CCC(=O)O[C@@H]4CC[C@@]5(C)C(C4)[C@@H](CC)[C@@H](O)[C@H]4[C@@H]6CC[C@H]([C@H](C)CCC(=O)O)[C@@]6(C)CC[C@@H]45)CC[C@H]3[C@@H]2[C@@H]1O. The highest BCUT2D eigenvalue weighted by molar-refractivity contribution is 5.69. The van der Waals surface area contributed by atoms with E-state index in [4.69, 9.17) is 4.74 Å². The number of aliphatic hydroxyl groups is 3. The lowest BCUT2D eigenvalue weighted by molar-refractivity contribution is -0.207. The molecule has 0 aromatic carbocycles. The molecule has 7 nitrogen and oxygen atoms in total. The summed E-state index contributed by atoms with van der Waals surface area (Å²) in [6.45, 7) is 19.3. The predicted octanol–water partition coefficient (Wildman–Crippen LogP) is 10.7. The standard InChI is InChI=1S/C52H86O7/c1-9-33-41-27-31(53)19-23-51(41,7)39-21-25-50(6)36(14-16-37(50)45(39)47(33)57)30(4)12-18-44(56)59-32-20-24-52(8)40-22-26-49(5)35(29(3)11-17-43(54)55)13-15-38(49)46(40)48(58)34(10-2)42(52)28-32/h29-42,45-48,53,57-58H,9-28H2,1-8H3,(H,54,55)/t29-,30-,31-,32-,33-,34-,35-,36-,37+,38+,39+,40+,41?,42?,45+,46+,47-,48-,49-,50-,51-,52-/m1/s1. The highest BCUT2D eigenvalue weighted by Gasteiger charge is 2.67. The number of carboxylic acids is 1. The van der Waals surface area contributed by atoms with Gasteiger partial charge in [-0.15, -0.1) is 0 Å². The third-order valence-electron chi connectivity index (χ3n) is 22.2. The summed E-state index contributed by atoms with van der Waals surface area (Å²) in [4.78, 5) is 25.2. The Labute approximate surface area is 358 Å². The van der Waals surface area contributed by atoms with Crippen LogP contribution in [0.3, 0.4) is 0 Å². The molecule has 4 N–H and O–H groups in total. The lowest BCUT2D eigenvalue weighted by atomic mass is 9.41. The van der Waals surface area contributed by atoms with Crippen molar-refractivity contribution in [3.8, 4) is 0 Å². The van der Waals surface area contributed by atoms with Gasteiger partial charge in [0.15, 0.2) is 0 Å². The summed E-state index contributed by atoms with van der Waals surface area (Å²) in [7, 11) is 0. The third-order valence-corrected chi connectivity index (χ3v) is 22.2. The van der Waals surface area contributed by atoms with E-state index in [9.17, 15) is 30.0 Å². The molecule has 0 saturated heterocycles. The first-order chi connectivity index (χ1) is 27.9. The van der Waals surface area contributed by atoms with Gasteiger partial charge in [0, 0.05) is 12.8 Å². The highest BCUT2D eigenvalue weighted by Crippen LogP contribution is 2.71. The van der Waals surface area contributed by atoms with Crippen LogP contribution in [0, 0.1) is 105 Å². The molecule has 0 radical (unpaired) electrons. The van der Waals surface area contributed by atoms with Gasteiger partial charge >= 0.3 is 11.9 Å². The van der Waals surface area contributed by atoms with Crippen LogP contribution < -0.4 is 0 Å². The topological polar surface area (TPSA) is 124 Å². The molecular weight excluding hydrogens is 737 g/mol. The van der Waals surface area contributed by atoms with Crippen molar-refractivity contribution in [1.82, 2.24) is 0 Å². The Hall–Kier alpha value is -1.18. The Balaban J connectivity index is 0.881. The second-order valence-corrected chi connectivity index (χ2v) is 24.1. The van der Waals surface area contributed by atoms with E-state index in [1.807, 2.05) is 0 Å². The number of rotatable bonds is 11. The van der Waals surface area contributed by atoms with Crippen LogP contribution in [0.15, 0.2) is 0 Å². The molecule has 8 aliphatic rings. The second-order valence-electron chi connectivity index (χ2n) is 24.1. The molecule has 0 spiro atoms. The first kappa shape index (κ1) is 44.4. The van der Waals surface area contributed by atoms with Crippen LogP contribution in [-0.2, 0) is 14.3 Å². The fourth-order valence-corrected chi connectivity index (χ4v) is 19.3. The van der Waals surface area contributed by atoms with E-state index in [1.165, 1.54) is 32.1 Å². The lowest BCUT2D eigenvalue weighted by Crippen LogP contribution is -2.62. The number of carboxylic acid groups (broad SMARTS) is 1. The fraction of sp³-hybridized carbons (Fsp3) is 0.962. The van der Waals surface area contributed by atoms with Crippen molar-refractivity contribution >= 4 is 11.9 Å². The average Bonchev–Trinajstić information content (AvgIpc) is 3.74. The van der Waals surface area contributed by atoms with E-state index < -0.39 is 5.97 Å². The van der Waals surface area contributed by atoms with Crippen LogP contribution in [-0.4, -0.2) is 56.8 Å². The van der Waals surface area contributed by atoms with Crippen LogP contribution in [0.4, 0.5) is 0 Å². The maximum atomic E-state index is 13.7. The van der Waals surface area contributed by atoms with Gasteiger partial charge in [-0.1, -0.05) is 68.2 Å². The number of aliphatic hydroxyl groups excluding tert-OH is 3. The summed E-state index contributed by atoms with van der Waals surface area (Å²) in [5.41, 5.74) is 0.715. The molecule has 8 rings (SSSR count). The normalized spacial score (nSPS) is 52.5. The van der Waals surface area contributed by atoms with E-state index in [2.05, 4.69) is 55.4 Å². The molecule has 8 aliphatic carbocycles. The summed E-state index contributed by atoms with van der Waals surface area (Å²) in [5, 5.41) is 44.6. The monoisotopic (exact) mass is 823 g/mol. The number of hydrogen-bond donors (Lipinski definition) is 4. The summed E-state index contributed by atoms with van der Waals surface area (Å²) in [5.74, 6) is 5.15. The van der Waals surface area contributed by atoms with Crippen molar-refractivity contribution in [3.63, 3.8) is 0 Å². The summed E-state index contributed by atoms with van der Waals surface area (Å²) >= 11 is 0. The van der Waals surface area contributed by atoms with Gasteiger partial charge in [-0.05, 0) is 207 Å². The van der Waals surface area contributed by atoms with E-state index in [0.29, 0.717) is 77.4 Å². The van der Waals surface area contributed by atoms with Crippen LogP contribution in [0.1, 0.15) is 184 Å². The maximum Gasteiger partial charge on any atom is 0.306 e. The lowest BCUT2D eigenvalue weighted by Gasteiger charge is -2.65. The van der Waals surface area contributed by atoms with E-state index >= 15 is 0 Å². The molecule has 0 aromatic heterocycles. The van der Waals surface area contributed by atoms with Crippen molar-refractivity contribution in [2.45, 2.75) is 208 Å². The zero-order valence-electron chi connectivity index (χ0n) is 38.5. The molecule has 0 aliphatic heterocycles. The molecule has 0 aromatic rings. The molecule has 8 saturated carbocycles. The smallest absolute Gasteiger partial charge is 0.306 e. The van der Waals surface area contributed by atoms with Gasteiger partial charge in [-0.25, -0.2) is 0 Å². The van der Waals surface area contributed by atoms with Crippen molar-refractivity contribution in [3.05, 3.63) is 0 Å². The number of aliphatic carboxylic acids is 1. The number of hydrogen-bond acceptors (Lipinski definition) is 6. The maximum absolute atomic E-state index is 13.7. The zero-order valence-corrected chi connectivity index (χ0v) is 38.5. The Morgan fingerprint density at radius 2 is 1.02 bits per heavy atom. The molecular formula is C52H86O7. The molecule has 22 atom stereocenters. The summed E-state index contributed by atoms with van der Waals surface area (Å²) < 4.78 is 6.42. The van der Waals surface area contributed by atoms with Gasteiger partial charge in [0.1, 0.15) is 6.10 Å². The second kappa shape index (κ2) is 16.4. The number of carbonyl (C=O) groups is 2. The van der Waals surface area contributed by atoms with Crippen LogP contribution in [0.25, 0.3) is 0 Å². The minimum atomic E-state index is -0.695. The molecule has 0 amide bonds. The third kappa shape index (κ3) is 7.12. The summed E-state index contributed by atoms with van der Waals surface area (Å²) in [6.07, 6.45) is 18.5. The quantitative estimate of drug-likeness (QED) is 0.153. The highest BCUT2D eigenvalue weighted by atomic mass is 16.5. The van der Waals surface area contributed by atoms with Crippen LogP contribution >= 0.6 is 0 Å². The Morgan fingerprint density at radius 3 is 1.51 bits per heavy atom. The minimum absolute atomic E-state index is 0.0365. The summed E-state index contributed by atoms with van der Waals surface area (Å²) in [6, 6.07) is 0. The first-order valence-electron chi connectivity index (χ1n) is 25.4. The van der Waals surface area contributed by atoms with E-state index in [1.54, 1.807) is 0 Å². The number of fused-ring (bicyclic) bond motifs is 10. The van der Waals surface area contributed by atoms with Crippen molar-refractivity contribution in [2.24, 2.45) is 105 Å². The van der Waals surface area contributed by atoms with Crippen molar-refractivity contribution < 1.29 is 34.8 Å². The number of carbonyl (C=O) groups excluding carboxylic acids is 1. The average molecular weight is 823 g/mol. The van der Waals surface area contributed by atoms with Gasteiger partial charge in [-0.2, -0.15) is 0 Å². The first-order valence-corrected chi connectivity index (χ1v) is 25.4. The van der Waals surface area contributed by atoms with Crippen LogP contribution in [0.2, 0.25) is 0 Å².